The summed E-state index contributed by atoms with van der Waals surface area (Å²) >= 11 is 0. The second-order valence-electron chi connectivity index (χ2n) is 7.87. The van der Waals surface area contributed by atoms with Crippen molar-refractivity contribution in [1.82, 2.24) is 14.7 Å². The number of benzene rings is 1. The maximum atomic E-state index is 12.6. The smallest absolute Gasteiger partial charge is 0.416 e. The molecule has 2 heterocycles. The first-order valence-corrected chi connectivity index (χ1v) is 10.1. The van der Waals surface area contributed by atoms with Gasteiger partial charge in [0.25, 0.3) is 0 Å². The normalized spacial score (nSPS) is 20.8. The zero-order chi connectivity index (χ0) is 20.4. The van der Waals surface area contributed by atoms with E-state index in [1.165, 1.54) is 25.0 Å². The molecule has 2 fully saturated rings. The van der Waals surface area contributed by atoms with Gasteiger partial charge in [-0.1, -0.05) is 0 Å². The maximum absolute atomic E-state index is 12.6. The third-order valence-electron chi connectivity index (χ3n) is 5.50. The quantitative estimate of drug-likeness (QED) is 0.697. The van der Waals surface area contributed by atoms with E-state index in [9.17, 15) is 13.2 Å². The van der Waals surface area contributed by atoms with Gasteiger partial charge in [-0.05, 0) is 49.1 Å². The van der Waals surface area contributed by atoms with E-state index in [4.69, 9.17) is 9.47 Å². The molecule has 8 heteroatoms. The van der Waals surface area contributed by atoms with Crippen LogP contribution in [0.15, 0.2) is 30.3 Å². The first kappa shape index (κ1) is 20.2. The van der Waals surface area contributed by atoms with E-state index in [0.717, 1.165) is 55.7 Å². The van der Waals surface area contributed by atoms with Gasteiger partial charge in [-0.15, -0.1) is 0 Å². The number of morpholine rings is 1. The third kappa shape index (κ3) is 5.30. The molecule has 4 rings (SSSR count). The topological polar surface area (TPSA) is 39.5 Å². The molecule has 1 atom stereocenters. The molecule has 1 saturated carbocycles. The molecule has 1 aromatic carbocycles. The van der Waals surface area contributed by atoms with Gasteiger partial charge in [0.05, 0.1) is 24.5 Å². The van der Waals surface area contributed by atoms with Crippen molar-refractivity contribution < 1.29 is 22.6 Å². The number of rotatable bonds is 7. The molecule has 1 aromatic heterocycles. The Morgan fingerprint density at radius 2 is 1.97 bits per heavy atom. The number of aryl methyl sites for hydroxylation is 1. The summed E-state index contributed by atoms with van der Waals surface area (Å²) < 4.78 is 51.2. The van der Waals surface area contributed by atoms with Gasteiger partial charge in [0.2, 0.25) is 0 Å². The van der Waals surface area contributed by atoms with Gasteiger partial charge in [-0.3, -0.25) is 9.58 Å². The average molecular weight is 409 g/mol. The fourth-order valence-corrected chi connectivity index (χ4v) is 3.65. The van der Waals surface area contributed by atoms with Crippen LogP contribution >= 0.6 is 0 Å². The predicted molar refractivity (Wildman–Crippen MR) is 102 cm³/mol. The first-order chi connectivity index (χ1) is 13.9. The average Bonchev–Trinajstić information content (AvgIpc) is 3.42. The summed E-state index contributed by atoms with van der Waals surface area (Å²) in [5.41, 5.74) is 1.26. The van der Waals surface area contributed by atoms with Crippen LogP contribution in [0.25, 0.3) is 0 Å². The molecule has 158 valence electrons. The lowest BCUT2D eigenvalue weighted by Crippen LogP contribution is -2.39. The van der Waals surface area contributed by atoms with Crippen molar-refractivity contribution in [2.45, 2.75) is 31.5 Å². The summed E-state index contributed by atoms with van der Waals surface area (Å²) in [6.45, 7) is 4.09. The van der Waals surface area contributed by atoms with Gasteiger partial charge < -0.3 is 9.47 Å². The Balaban J connectivity index is 1.30. The standard InChI is InChI=1S/C21H26F3N3O2/c1-26-17(8-10-28-18-6-4-16(5-7-18)21(22,23)24)12-19(25-26)20-14-27(9-11-29-20)13-15-2-3-15/h4-7,12,15,20H,2-3,8-11,13-14H2,1H3. The molecule has 5 nitrogen and oxygen atoms in total. The van der Waals surface area contributed by atoms with Crippen molar-refractivity contribution in [2.75, 3.05) is 32.8 Å². The van der Waals surface area contributed by atoms with E-state index in [1.807, 2.05) is 17.8 Å². The zero-order valence-corrected chi connectivity index (χ0v) is 16.5. The van der Waals surface area contributed by atoms with Crippen LogP contribution in [0.4, 0.5) is 13.2 Å². The van der Waals surface area contributed by atoms with Gasteiger partial charge >= 0.3 is 6.18 Å². The lowest BCUT2D eigenvalue weighted by atomic mass is 10.1. The molecule has 0 radical (unpaired) electrons. The third-order valence-corrected chi connectivity index (χ3v) is 5.50. The molecule has 1 aliphatic carbocycles. The van der Waals surface area contributed by atoms with E-state index in [1.54, 1.807) is 0 Å². The molecule has 1 aliphatic heterocycles. The Labute approximate surface area is 168 Å². The van der Waals surface area contributed by atoms with Crippen molar-refractivity contribution >= 4 is 0 Å². The van der Waals surface area contributed by atoms with Gasteiger partial charge in [0.1, 0.15) is 11.9 Å². The molecule has 0 N–H and O–H groups in total. The van der Waals surface area contributed by atoms with E-state index >= 15 is 0 Å². The maximum Gasteiger partial charge on any atom is 0.416 e. The summed E-state index contributed by atoms with van der Waals surface area (Å²) in [4.78, 5) is 2.47. The van der Waals surface area contributed by atoms with Crippen molar-refractivity contribution in [3.8, 4) is 5.75 Å². The summed E-state index contributed by atoms with van der Waals surface area (Å²) in [5, 5.41) is 4.61. The molecule has 0 amide bonds. The molecule has 2 aliphatic rings. The number of aromatic nitrogens is 2. The Bertz CT molecular complexity index is 816. The van der Waals surface area contributed by atoms with E-state index in [-0.39, 0.29) is 6.10 Å². The van der Waals surface area contributed by atoms with Crippen LogP contribution in [0.2, 0.25) is 0 Å². The highest BCUT2D eigenvalue weighted by Gasteiger charge is 2.30. The molecule has 1 unspecified atom stereocenters. The van der Waals surface area contributed by atoms with Crippen LogP contribution in [0.3, 0.4) is 0 Å². The van der Waals surface area contributed by atoms with Crippen LogP contribution in [0.1, 0.15) is 35.9 Å². The highest BCUT2D eigenvalue weighted by molar-refractivity contribution is 5.29. The van der Waals surface area contributed by atoms with Crippen molar-refractivity contribution in [2.24, 2.45) is 13.0 Å². The second-order valence-corrected chi connectivity index (χ2v) is 7.87. The number of hydrogen-bond donors (Lipinski definition) is 0. The Kier molecular flexibility index (Phi) is 5.83. The van der Waals surface area contributed by atoms with Gasteiger partial charge in [0, 0.05) is 38.8 Å². The summed E-state index contributed by atoms with van der Waals surface area (Å²) in [7, 11) is 1.89. The number of hydrogen-bond acceptors (Lipinski definition) is 4. The van der Waals surface area contributed by atoms with Crippen LogP contribution in [-0.4, -0.2) is 47.5 Å². The highest BCUT2D eigenvalue weighted by atomic mass is 19.4. The lowest BCUT2D eigenvalue weighted by molar-refractivity contribution is -0.137. The monoisotopic (exact) mass is 409 g/mol. The van der Waals surface area contributed by atoms with E-state index < -0.39 is 11.7 Å². The number of halogens is 3. The van der Waals surface area contributed by atoms with Gasteiger partial charge in [0.15, 0.2) is 0 Å². The Morgan fingerprint density at radius 3 is 2.66 bits per heavy atom. The van der Waals surface area contributed by atoms with Crippen LogP contribution in [0, 0.1) is 5.92 Å². The molecular weight excluding hydrogens is 383 g/mol. The van der Waals surface area contributed by atoms with Crippen LogP contribution < -0.4 is 4.74 Å². The minimum Gasteiger partial charge on any atom is -0.493 e. The number of alkyl halides is 3. The molecule has 29 heavy (non-hydrogen) atoms. The SMILES string of the molecule is Cn1nc(C2CN(CC3CC3)CCO2)cc1CCOc1ccc(C(F)(F)F)cc1. The van der Waals surface area contributed by atoms with Gasteiger partial charge in [-0.2, -0.15) is 18.3 Å². The molecular formula is C21H26F3N3O2. The summed E-state index contributed by atoms with van der Waals surface area (Å²) in [6.07, 6.45) is -1.05. The fraction of sp³-hybridized carbons (Fsp3) is 0.571. The van der Waals surface area contributed by atoms with Crippen molar-refractivity contribution in [1.29, 1.82) is 0 Å². The lowest BCUT2D eigenvalue weighted by Gasteiger charge is -2.32. The Hall–Kier alpha value is -2.06. The Morgan fingerprint density at radius 1 is 1.21 bits per heavy atom. The minimum atomic E-state index is -4.33. The van der Waals surface area contributed by atoms with Crippen LogP contribution in [-0.2, 0) is 24.4 Å². The number of ether oxygens (including phenoxy) is 2. The zero-order valence-electron chi connectivity index (χ0n) is 16.5. The van der Waals surface area contributed by atoms with Crippen LogP contribution in [0.5, 0.6) is 5.75 Å². The fourth-order valence-electron chi connectivity index (χ4n) is 3.65. The predicted octanol–water partition coefficient (Wildman–Crippen LogP) is 3.84. The largest absolute Gasteiger partial charge is 0.493 e. The van der Waals surface area contributed by atoms with E-state index in [0.29, 0.717) is 18.8 Å². The first-order valence-electron chi connectivity index (χ1n) is 10.1. The van der Waals surface area contributed by atoms with Crippen molar-refractivity contribution in [3.63, 3.8) is 0 Å². The van der Waals surface area contributed by atoms with E-state index in [2.05, 4.69) is 10.00 Å². The number of nitrogens with zero attached hydrogens (tertiary/aromatic N) is 3. The van der Waals surface area contributed by atoms with Gasteiger partial charge in [-0.25, -0.2) is 0 Å². The second kappa shape index (κ2) is 8.36. The highest BCUT2D eigenvalue weighted by Crippen LogP contribution is 2.32. The molecule has 1 saturated heterocycles. The molecule has 0 spiro atoms. The molecule has 2 aromatic rings. The summed E-state index contributed by atoms with van der Waals surface area (Å²) in [5.74, 6) is 1.28. The molecule has 0 bridgehead atoms. The minimum absolute atomic E-state index is 0.0155. The van der Waals surface area contributed by atoms with Crippen molar-refractivity contribution in [3.05, 3.63) is 47.3 Å². The summed E-state index contributed by atoms with van der Waals surface area (Å²) in [6, 6.07) is 6.81.